The van der Waals surface area contributed by atoms with E-state index in [1.807, 2.05) is 50.4 Å². The normalized spacial score (nSPS) is 10.7. The van der Waals surface area contributed by atoms with Crippen LogP contribution in [0.1, 0.15) is 32.2 Å². The van der Waals surface area contributed by atoms with Crippen LogP contribution >= 0.6 is 11.3 Å². The molecule has 0 aliphatic heterocycles. The first-order chi connectivity index (χ1) is 12.9. The summed E-state index contributed by atoms with van der Waals surface area (Å²) >= 11 is 1.42. The van der Waals surface area contributed by atoms with Crippen molar-refractivity contribution in [2.24, 2.45) is 0 Å². The molecule has 0 unspecified atom stereocenters. The molecule has 2 N–H and O–H groups in total. The van der Waals surface area contributed by atoms with Crippen molar-refractivity contribution in [2.75, 3.05) is 12.4 Å². The fourth-order valence-corrected chi connectivity index (χ4v) is 3.77. The van der Waals surface area contributed by atoms with Gasteiger partial charge in [-0.2, -0.15) is 0 Å². The van der Waals surface area contributed by atoms with Gasteiger partial charge in [-0.05, 0) is 44.0 Å². The first-order valence-corrected chi connectivity index (χ1v) is 9.35. The molecule has 3 rings (SSSR count). The fraction of sp³-hybridized carbons (Fsp3) is 0.250. The molecular formula is C20H21N3O3S. The summed E-state index contributed by atoms with van der Waals surface area (Å²) in [6, 6.07) is 7.66. The number of benzene rings is 1. The molecule has 140 valence electrons. The first kappa shape index (κ1) is 18.8. The Kier molecular flexibility index (Phi) is 5.41. The van der Waals surface area contributed by atoms with Crippen LogP contribution in [0.5, 0.6) is 0 Å². The van der Waals surface area contributed by atoms with Crippen LogP contribution < -0.4 is 5.32 Å². The molecule has 0 aliphatic rings. The summed E-state index contributed by atoms with van der Waals surface area (Å²) in [4.78, 5) is 32.0. The van der Waals surface area contributed by atoms with Crippen molar-refractivity contribution in [3.05, 3.63) is 57.0 Å². The molecule has 3 aromatic rings. The average Bonchev–Trinajstić information content (AvgIpc) is 3.18. The summed E-state index contributed by atoms with van der Waals surface area (Å²) in [6.07, 6.45) is 0.196. The van der Waals surface area contributed by atoms with E-state index < -0.39 is 0 Å². The Morgan fingerprint density at radius 2 is 2.04 bits per heavy atom. The molecule has 0 aliphatic carbocycles. The van der Waals surface area contributed by atoms with Crippen molar-refractivity contribution in [2.45, 2.75) is 27.2 Å². The lowest BCUT2D eigenvalue weighted by Crippen LogP contribution is -2.14. The third kappa shape index (κ3) is 4.09. The van der Waals surface area contributed by atoms with Gasteiger partial charge >= 0.3 is 5.97 Å². The monoisotopic (exact) mass is 383 g/mol. The maximum absolute atomic E-state index is 12.3. The van der Waals surface area contributed by atoms with E-state index in [-0.39, 0.29) is 18.3 Å². The van der Waals surface area contributed by atoms with E-state index in [9.17, 15) is 9.59 Å². The topological polar surface area (TPSA) is 84.1 Å². The largest absolute Gasteiger partial charge is 0.465 e. The van der Waals surface area contributed by atoms with Crippen molar-refractivity contribution in [1.82, 2.24) is 9.97 Å². The molecule has 7 heteroatoms. The molecule has 0 fully saturated rings. The van der Waals surface area contributed by atoms with Crippen LogP contribution in [-0.4, -0.2) is 29.0 Å². The minimum Gasteiger partial charge on any atom is -0.465 e. The van der Waals surface area contributed by atoms with Crippen LogP contribution in [0.4, 0.5) is 5.69 Å². The molecule has 0 spiro atoms. The van der Waals surface area contributed by atoms with Gasteiger partial charge in [0, 0.05) is 16.8 Å². The zero-order valence-corrected chi connectivity index (χ0v) is 16.5. The SMILES string of the molecule is COC(=O)c1c(C)[nH]c(-c2csc(CC(=O)Nc3cccc(C)c3)n2)c1C. The molecule has 1 aromatic carbocycles. The van der Waals surface area contributed by atoms with E-state index in [0.29, 0.717) is 16.3 Å². The Labute approximate surface area is 161 Å². The lowest BCUT2D eigenvalue weighted by molar-refractivity contribution is -0.115. The summed E-state index contributed by atoms with van der Waals surface area (Å²) < 4.78 is 4.84. The van der Waals surface area contributed by atoms with Gasteiger partial charge in [0.1, 0.15) is 5.01 Å². The number of aromatic nitrogens is 2. The zero-order valence-electron chi connectivity index (χ0n) is 15.7. The Hall–Kier alpha value is -2.93. The van der Waals surface area contributed by atoms with Crippen molar-refractivity contribution < 1.29 is 14.3 Å². The highest BCUT2D eigenvalue weighted by Crippen LogP contribution is 2.29. The molecule has 1 amide bonds. The van der Waals surface area contributed by atoms with Crippen LogP contribution in [0, 0.1) is 20.8 Å². The number of esters is 1. The number of nitrogens with one attached hydrogen (secondary N) is 2. The maximum Gasteiger partial charge on any atom is 0.339 e. The van der Waals surface area contributed by atoms with Crippen molar-refractivity contribution in [3.8, 4) is 11.4 Å². The third-order valence-corrected chi connectivity index (χ3v) is 5.10. The lowest BCUT2D eigenvalue weighted by Gasteiger charge is -2.04. The Bertz CT molecular complexity index is 1000. The smallest absolute Gasteiger partial charge is 0.339 e. The third-order valence-electron chi connectivity index (χ3n) is 4.25. The van der Waals surface area contributed by atoms with E-state index in [4.69, 9.17) is 4.74 Å². The van der Waals surface area contributed by atoms with E-state index in [1.54, 1.807) is 0 Å². The molecular weight excluding hydrogens is 362 g/mol. The van der Waals surface area contributed by atoms with Gasteiger partial charge in [-0.25, -0.2) is 9.78 Å². The summed E-state index contributed by atoms with van der Waals surface area (Å²) in [5.41, 5.74) is 5.41. The number of thiazole rings is 1. The van der Waals surface area contributed by atoms with Gasteiger partial charge < -0.3 is 15.0 Å². The van der Waals surface area contributed by atoms with Crippen molar-refractivity contribution in [3.63, 3.8) is 0 Å². The molecule has 0 radical (unpaired) electrons. The van der Waals surface area contributed by atoms with E-state index >= 15 is 0 Å². The molecule has 6 nitrogen and oxygen atoms in total. The standard InChI is InChI=1S/C20H21N3O3S/c1-11-6-5-7-14(8-11)22-16(24)9-17-23-15(10-27-17)19-12(2)18(13(3)21-19)20(25)26-4/h5-8,10,21H,9H2,1-4H3,(H,22,24). The number of aromatic amines is 1. The van der Waals surface area contributed by atoms with E-state index in [1.165, 1.54) is 18.4 Å². The van der Waals surface area contributed by atoms with E-state index in [0.717, 1.165) is 28.2 Å². The van der Waals surface area contributed by atoms with Crippen LogP contribution in [0.15, 0.2) is 29.6 Å². The fourth-order valence-electron chi connectivity index (χ4n) is 2.99. The van der Waals surface area contributed by atoms with Gasteiger partial charge in [-0.15, -0.1) is 11.3 Å². The number of rotatable bonds is 5. The number of anilines is 1. The molecule has 0 atom stereocenters. The number of H-pyrrole nitrogens is 1. The molecule has 2 aromatic heterocycles. The second-order valence-electron chi connectivity index (χ2n) is 6.34. The van der Waals surface area contributed by atoms with Gasteiger partial charge in [0.2, 0.25) is 5.91 Å². The van der Waals surface area contributed by atoms with Crippen LogP contribution in [0.25, 0.3) is 11.4 Å². The Balaban J connectivity index is 1.75. The Morgan fingerprint density at radius 3 is 2.74 bits per heavy atom. The predicted octanol–water partition coefficient (Wildman–Crippen LogP) is 4.03. The number of hydrogen-bond acceptors (Lipinski definition) is 5. The van der Waals surface area contributed by atoms with Gasteiger partial charge in [0.25, 0.3) is 0 Å². The highest BCUT2D eigenvalue weighted by Gasteiger charge is 2.21. The van der Waals surface area contributed by atoms with Crippen molar-refractivity contribution >= 4 is 28.9 Å². The summed E-state index contributed by atoms with van der Waals surface area (Å²) in [5.74, 6) is -0.489. The molecule has 27 heavy (non-hydrogen) atoms. The highest BCUT2D eigenvalue weighted by molar-refractivity contribution is 7.10. The summed E-state index contributed by atoms with van der Waals surface area (Å²) in [6.45, 7) is 5.66. The van der Waals surface area contributed by atoms with Gasteiger partial charge in [0.15, 0.2) is 0 Å². The first-order valence-electron chi connectivity index (χ1n) is 8.47. The molecule has 0 bridgehead atoms. The summed E-state index contributed by atoms with van der Waals surface area (Å²) in [5, 5.41) is 5.48. The number of amides is 1. The van der Waals surface area contributed by atoms with Crippen LogP contribution in [0.3, 0.4) is 0 Å². The number of ether oxygens (including phenoxy) is 1. The predicted molar refractivity (Wildman–Crippen MR) is 106 cm³/mol. The Morgan fingerprint density at radius 1 is 1.26 bits per heavy atom. The number of nitrogens with zero attached hydrogens (tertiary/aromatic N) is 1. The molecule has 0 saturated carbocycles. The average molecular weight is 383 g/mol. The second kappa shape index (κ2) is 7.75. The number of methoxy groups -OCH3 is 1. The highest BCUT2D eigenvalue weighted by atomic mass is 32.1. The van der Waals surface area contributed by atoms with Gasteiger partial charge in [0.05, 0.1) is 30.5 Å². The van der Waals surface area contributed by atoms with Crippen molar-refractivity contribution in [1.29, 1.82) is 0 Å². The number of hydrogen-bond donors (Lipinski definition) is 2. The van der Waals surface area contributed by atoms with E-state index in [2.05, 4.69) is 15.3 Å². The summed E-state index contributed by atoms with van der Waals surface area (Å²) in [7, 11) is 1.36. The maximum atomic E-state index is 12.3. The lowest BCUT2D eigenvalue weighted by atomic mass is 10.1. The number of aryl methyl sites for hydroxylation is 2. The molecule has 2 heterocycles. The van der Waals surface area contributed by atoms with Crippen LogP contribution in [-0.2, 0) is 16.0 Å². The van der Waals surface area contributed by atoms with Gasteiger partial charge in [-0.1, -0.05) is 12.1 Å². The number of carbonyl (C=O) groups is 2. The van der Waals surface area contributed by atoms with Crippen LogP contribution in [0.2, 0.25) is 0 Å². The number of carbonyl (C=O) groups excluding carboxylic acids is 2. The minimum absolute atomic E-state index is 0.115. The second-order valence-corrected chi connectivity index (χ2v) is 7.28. The quantitative estimate of drug-likeness (QED) is 0.652. The molecule has 0 saturated heterocycles. The minimum atomic E-state index is -0.375. The zero-order chi connectivity index (χ0) is 19.6. The van der Waals surface area contributed by atoms with Gasteiger partial charge in [-0.3, -0.25) is 4.79 Å².